The summed E-state index contributed by atoms with van der Waals surface area (Å²) in [5.74, 6) is 0.410. The molecular formula is C20H16N6O4. The van der Waals surface area contributed by atoms with Crippen molar-refractivity contribution >= 4 is 17.5 Å². The van der Waals surface area contributed by atoms with E-state index in [9.17, 15) is 9.59 Å². The number of amides is 2. The lowest BCUT2D eigenvalue weighted by Crippen LogP contribution is -2.39. The number of hydrogen-bond donors (Lipinski definition) is 0. The van der Waals surface area contributed by atoms with Crippen LogP contribution in [-0.2, 0) is 16.1 Å². The zero-order valence-electron chi connectivity index (χ0n) is 15.9. The molecule has 1 fully saturated rings. The fourth-order valence-corrected chi connectivity index (χ4v) is 3.52. The fourth-order valence-electron chi connectivity index (χ4n) is 3.52. The first kappa shape index (κ1) is 18.0. The molecule has 0 N–H and O–H groups in total. The summed E-state index contributed by atoms with van der Waals surface area (Å²) in [6.45, 7) is 0.0650. The van der Waals surface area contributed by atoms with Crippen LogP contribution in [0.3, 0.4) is 0 Å². The molecule has 2 aliphatic rings. The van der Waals surface area contributed by atoms with Crippen molar-refractivity contribution in [3.05, 3.63) is 60.5 Å². The molecule has 0 saturated carbocycles. The number of nitrogens with zero attached hydrogens (tertiary/aromatic N) is 6. The molecule has 1 aromatic heterocycles. The Balaban J connectivity index is 1.37. The number of carbonyl (C=O) groups excluding carboxylic acids is 2. The van der Waals surface area contributed by atoms with Crippen LogP contribution in [-0.4, -0.2) is 46.2 Å². The molecule has 0 aliphatic carbocycles. The van der Waals surface area contributed by atoms with Crippen molar-refractivity contribution in [3.63, 3.8) is 0 Å². The predicted molar refractivity (Wildman–Crippen MR) is 103 cm³/mol. The van der Waals surface area contributed by atoms with Crippen molar-refractivity contribution in [2.45, 2.75) is 18.6 Å². The second-order valence-electron chi connectivity index (χ2n) is 6.78. The topological polar surface area (TPSA) is 113 Å². The Labute approximate surface area is 170 Å². The predicted octanol–water partition coefficient (Wildman–Crippen LogP) is 2.24. The van der Waals surface area contributed by atoms with E-state index in [1.165, 1.54) is 12.1 Å². The number of ether oxygens (including phenoxy) is 1. The maximum Gasteiger partial charge on any atom is 0.263 e. The van der Waals surface area contributed by atoms with Crippen LogP contribution in [0.25, 0.3) is 11.4 Å². The van der Waals surface area contributed by atoms with Gasteiger partial charge in [-0.3, -0.25) is 14.6 Å². The van der Waals surface area contributed by atoms with Crippen LogP contribution in [0.1, 0.15) is 5.89 Å². The molecule has 2 atom stereocenters. The maximum absolute atomic E-state index is 13.1. The molecule has 0 radical (unpaired) electrons. The van der Waals surface area contributed by atoms with E-state index in [1.54, 1.807) is 24.3 Å². The Morgan fingerprint density at radius 2 is 1.90 bits per heavy atom. The van der Waals surface area contributed by atoms with E-state index in [4.69, 9.17) is 9.26 Å². The van der Waals surface area contributed by atoms with E-state index in [2.05, 4.69) is 20.5 Å². The van der Waals surface area contributed by atoms with Gasteiger partial charge in [0.2, 0.25) is 11.7 Å². The molecule has 0 bridgehead atoms. The Morgan fingerprint density at radius 1 is 1.07 bits per heavy atom. The van der Waals surface area contributed by atoms with Gasteiger partial charge in [0.05, 0.1) is 12.8 Å². The largest absolute Gasteiger partial charge is 0.497 e. The Hall–Kier alpha value is -4.08. The highest BCUT2D eigenvalue weighted by Crippen LogP contribution is 2.33. The average Bonchev–Trinajstić information content (AvgIpc) is 3.47. The zero-order valence-corrected chi connectivity index (χ0v) is 15.9. The van der Waals surface area contributed by atoms with Gasteiger partial charge in [0, 0.05) is 11.6 Å². The lowest BCUT2D eigenvalue weighted by atomic mass is 10.1. The van der Waals surface area contributed by atoms with E-state index in [-0.39, 0.29) is 12.4 Å². The van der Waals surface area contributed by atoms with Crippen LogP contribution in [0.4, 0.5) is 5.69 Å². The van der Waals surface area contributed by atoms with Gasteiger partial charge in [-0.1, -0.05) is 46.8 Å². The van der Waals surface area contributed by atoms with Gasteiger partial charge in [0.1, 0.15) is 12.3 Å². The lowest BCUT2D eigenvalue weighted by molar-refractivity contribution is -0.123. The van der Waals surface area contributed by atoms with Gasteiger partial charge in [-0.2, -0.15) is 10.1 Å². The molecule has 1 saturated heterocycles. The molecule has 10 heteroatoms. The van der Waals surface area contributed by atoms with Gasteiger partial charge in [0.15, 0.2) is 12.1 Å². The number of carbonyl (C=O) groups is 2. The third-order valence-corrected chi connectivity index (χ3v) is 4.97. The SMILES string of the molecule is COc1cccc(N2C(=O)[C@H]3N=NN(Cc4nc(-c5ccccc5)no4)[C@@H]3C2=O)c1. The molecule has 10 nitrogen and oxygen atoms in total. The zero-order chi connectivity index (χ0) is 20.7. The van der Waals surface area contributed by atoms with Gasteiger partial charge >= 0.3 is 0 Å². The molecule has 0 spiro atoms. The Kier molecular flexibility index (Phi) is 4.24. The van der Waals surface area contributed by atoms with Crippen molar-refractivity contribution in [1.29, 1.82) is 0 Å². The number of hydrogen-bond acceptors (Lipinski definition) is 9. The monoisotopic (exact) mass is 404 g/mol. The van der Waals surface area contributed by atoms with Crippen LogP contribution >= 0.6 is 0 Å². The average molecular weight is 404 g/mol. The number of imide groups is 1. The molecule has 150 valence electrons. The van der Waals surface area contributed by atoms with Crippen LogP contribution in [0.2, 0.25) is 0 Å². The van der Waals surface area contributed by atoms with Crippen molar-refractivity contribution < 1.29 is 18.8 Å². The Morgan fingerprint density at radius 3 is 2.70 bits per heavy atom. The Bertz CT molecular complexity index is 1140. The quantitative estimate of drug-likeness (QED) is 0.599. The van der Waals surface area contributed by atoms with Crippen molar-refractivity contribution in [2.24, 2.45) is 10.3 Å². The number of aromatic nitrogens is 2. The summed E-state index contributed by atoms with van der Waals surface area (Å²) >= 11 is 0. The third-order valence-electron chi connectivity index (χ3n) is 4.97. The summed E-state index contributed by atoms with van der Waals surface area (Å²) in [5, 5.41) is 13.4. The summed E-state index contributed by atoms with van der Waals surface area (Å²) in [6.07, 6.45) is 0. The smallest absolute Gasteiger partial charge is 0.263 e. The number of fused-ring (bicyclic) bond motifs is 1. The molecule has 30 heavy (non-hydrogen) atoms. The van der Waals surface area contributed by atoms with Crippen molar-refractivity contribution in [1.82, 2.24) is 15.1 Å². The van der Waals surface area contributed by atoms with Gasteiger partial charge in [-0.25, -0.2) is 4.90 Å². The number of rotatable bonds is 5. The highest BCUT2D eigenvalue weighted by molar-refractivity contribution is 6.25. The van der Waals surface area contributed by atoms with Crippen molar-refractivity contribution in [3.8, 4) is 17.1 Å². The molecule has 5 rings (SSSR count). The first-order chi connectivity index (χ1) is 14.7. The molecular weight excluding hydrogens is 388 g/mol. The standard InChI is InChI=1S/C20H16N6O4/c1-29-14-9-5-8-13(10-14)26-19(27)16-17(20(26)28)25(24-22-16)11-15-21-18(23-30-15)12-6-3-2-4-7-12/h2-10,16-17H,11H2,1H3/t16-,17-/m0/s1. The third kappa shape index (κ3) is 2.89. The number of methoxy groups -OCH3 is 1. The van der Waals surface area contributed by atoms with E-state index in [0.717, 1.165) is 10.5 Å². The number of anilines is 1. The van der Waals surface area contributed by atoms with Crippen molar-refractivity contribution in [2.75, 3.05) is 12.0 Å². The van der Waals surface area contributed by atoms with E-state index >= 15 is 0 Å². The van der Waals surface area contributed by atoms with Crippen LogP contribution in [0.15, 0.2) is 69.5 Å². The second-order valence-corrected chi connectivity index (χ2v) is 6.78. The summed E-state index contributed by atoms with van der Waals surface area (Å²) in [5.41, 5.74) is 1.24. The van der Waals surface area contributed by atoms with Gasteiger partial charge < -0.3 is 9.26 Å². The fraction of sp³-hybridized carbons (Fsp3) is 0.200. The number of benzene rings is 2. The van der Waals surface area contributed by atoms with Gasteiger partial charge in [-0.15, -0.1) is 0 Å². The minimum absolute atomic E-state index is 0.0650. The maximum atomic E-state index is 13.1. The molecule has 2 aliphatic heterocycles. The summed E-state index contributed by atoms with van der Waals surface area (Å²) < 4.78 is 10.5. The van der Waals surface area contributed by atoms with E-state index in [0.29, 0.717) is 17.3 Å². The minimum Gasteiger partial charge on any atom is -0.497 e. The van der Waals surface area contributed by atoms with Crippen LogP contribution < -0.4 is 9.64 Å². The van der Waals surface area contributed by atoms with E-state index in [1.807, 2.05) is 30.3 Å². The van der Waals surface area contributed by atoms with Crippen LogP contribution in [0, 0.1) is 0 Å². The molecule has 2 amide bonds. The van der Waals surface area contributed by atoms with Gasteiger partial charge in [0.25, 0.3) is 11.8 Å². The normalized spacial score (nSPS) is 20.2. The second kappa shape index (κ2) is 7.07. The summed E-state index contributed by atoms with van der Waals surface area (Å²) in [4.78, 5) is 31.3. The highest BCUT2D eigenvalue weighted by Gasteiger charge is 2.55. The van der Waals surface area contributed by atoms with Crippen LogP contribution in [0.5, 0.6) is 5.75 Å². The first-order valence-electron chi connectivity index (χ1n) is 9.23. The van der Waals surface area contributed by atoms with E-state index < -0.39 is 23.9 Å². The highest BCUT2D eigenvalue weighted by atomic mass is 16.5. The molecule has 3 aromatic rings. The summed E-state index contributed by atoms with van der Waals surface area (Å²) in [7, 11) is 1.52. The molecule has 2 aromatic carbocycles. The summed E-state index contributed by atoms with van der Waals surface area (Å²) in [6, 6.07) is 14.4. The minimum atomic E-state index is -0.903. The molecule has 0 unspecified atom stereocenters. The van der Waals surface area contributed by atoms with Gasteiger partial charge in [-0.05, 0) is 12.1 Å². The lowest BCUT2D eigenvalue weighted by Gasteiger charge is -2.19. The first-order valence-corrected chi connectivity index (χ1v) is 9.23. The molecule has 3 heterocycles.